The third-order valence-electron chi connectivity index (χ3n) is 4.50. The summed E-state index contributed by atoms with van der Waals surface area (Å²) in [4.78, 5) is 4.72. The highest BCUT2D eigenvalue weighted by Gasteiger charge is 2.35. The van der Waals surface area contributed by atoms with Gasteiger partial charge in [0.25, 0.3) is 0 Å². The lowest BCUT2D eigenvalue weighted by molar-refractivity contribution is 0.166. The minimum atomic E-state index is -0.139. The van der Waals surface area contributed by atoms with Crippen LogP contribution >= 0.6 is 0 Å². The number of β-amino-alcohol motifs (C(OH)–C–C–N with tert-alkyl or cyclic N) is 1. The van der Waals surface area contributed by atoms with Crippen molar-refractivity contribution >= 4 is 0 Å². The zero-order valence-corrected chi connectivity index (χ0v) is 11.9. The number of rotatable bonds is 4. The number of hydrogen-bond donors (Lipinski definition) is 1. The number of likely N-dealkylation sites (tertiary alicyclic amines) is 1. The SMILES string of the molecule is CN(C)CC1CC(O)CN1CC1Cc2ccccc21. The Balaban J connectivity index is 1.63. The second kappa shape index (κ2) is 5.23. The third kappa shape index (κ3) is 2.69. The summed E-state index contributed by atoms with van der Waals surface area (Å²) in [6.07, 6.45) is 1.99. The lowest BCUT2D eigenvalue weighted by atomic mass is 9.77. The molecule has 0 aromatic heterocycles. The van der Waals surface area contributed by atoms with Crippen molar-refractivity contribution in [3.05, 3.63) is 35.4 Å². The van der Waals surface area contributed by atoms with Gasteiger partial charge in [0, 0.05) is 31.6 Å². The van der Waals surface area contributed by atoms with E-state index in [0.29, 0.717) is 12.0 Å². The molecule has 104 valence electrons. The summed E-state index contributed by atoms with van der Waals surface area (Å²) in [6.45, 7) is 3.00. The Kier molecular flexibility index (Phi) is 3.61. The number of aliphatic hydroxyl groups excluding tert-OH is 1. The van der Waals surface area contributed by atoms with E-state index in [1.54, 1.807) is 0 Å². The fourth-order valence-electron chi connectivity index (χ4n) is 3.60. The molecule has 1 fully saturated rings. The van der Waals surface area contributed by atoms with Crippen LogP contribution in [0.1, 0.15) is 23.5 Å². The Morgan fingerprint density at radius 3 is 2.84 bits per heavy atom. The van der Waals surface area contributed by atoms with Crippen molar-refractivity contribution in [2.24, 2.45) is 0 Å². The molecule has 2 aliphatic rings. The molecule has 3 rings (SSSR count). The molecule has 1 saturated heterocycles. The van der Waals surface area contributed by atoms with Gasteiger partial charge in [0.1, 0.15) is 0 Å². The second-order valence-corrected chi connectivity index (χ2v) is 6.36. The first-order valence-electron chi connectivity index (χ1n) is 7.28. The van der Waals surface area contributed by atoms with Crippen LogP contribution in [0.4, 0.5) is 0 Å². The average molecular weight is 260 g/mol. The number of nitrogens with zero attached hydrogens (tertiary/aromatic N) is 2. The first-order valence-corrected chi connectivity index (χ1v) is 7.28. The summed E-state index contributed by atoms with van der Waals surface area (Å²) < 4.78 is 0. The highest BCUT2D eigenvalue weighted by Crippen LogP contribution is 2.36. The monoisotopic (exact) mass is 260 g/mol. The van der Waals surface area contributed by atoms with Crippen LogP contribution in [0.15, 0.2) is 24.3 Å². The molecule has 3 nitrogen and oxygen atoms in total. The smallest absolute Gasteiger partial charge is 0.0682 e. The van der Waals surface area contributed by atoms with E-state index in [1.807, 2.05) is 0 Å². The Labute approximate surface area is 115 Å². The third-order valence-corrected chi connectivity index (χ3v) is 4.50. The first-order chi connectivity index (χ1) is 9.13. The Morgan fingerprint density at radius 2 is 2.11 bits per heavy atom. The van der Waals surface area contributed by atoms with Gasteiger partial charge in [-0.25, -0.2) is 0 Å². The largest absolute Gasteiger partial charge is 0.392 e. The molecular weight excluding hydrogens is 236 g/mol. The number of fused-ring (bicyclic) bond motifs is 1. The molecule has 0 radical (unpaired) electrons. The van der Waals surface area contributed by atoms with Crippen LogP contribution in [0.25, 0.3) is 0 Å². The van der Waals surface area contributed by atoms with Crippen LogP contribution < -0.4 is 0 Å². The van der Waals surface area contributed by atoms with E-state index in [9.17, 15) is 5.11 Å². The fourth-order valence-corrected chi connectivity index (χ4v) is 3.60. The molecule has 3 unspecified atom stereocenters. The van der Waals surface area contributed by atoms with Crippen LogP contribution in [0, 0.1) is 0 Å². The zero-order valence-electron chi connectivity index (χ0n) is 11.9. The van der Waals surface area contributed by atoms with Gasteiger partial charge >= 0.3 is 0 Å². The van der Waals surface area contributed by atoms with E-state index < -0.39 is 0 Å². The van der Waals surface area contributed by atoms with Gasteiger partial charge < -0.3 is 10.0 Å². The highest BCUT2D eigenvalue weighted by molar-refractivity contribution is 5.40. The quantitative estimate of drug-likeness (QED) is 0.884. The number of benzene rings is 1. The first kappa shape index (κ1) is 13.1. The van der Waals surface area contributed by atoms with Gasteiger partial charge in [-0.1, -0.05) is 24.3 Å². The van der Waals surface area contributed by atoms with Gasteiger partial charge in [-0.15, -0.1) is 0 Å². The molecule has 1 aliphatic heterocycles. The molecular formula is C16H24N2O. The van der Waals surface area contributed by atoms with Crippen molar-refractivity contribution in [1.29, 1.82) is 0 Å². The Bertz CT molecular complexity index is 446. The van der Waals surface area contributed by atoms with Crippen molar-refractivity contribution in [3.8, 4) is 0 Å². The molecule has 1 aromatic rings. The molecule has 0 bridgehead atoms. The summed E-state index contributed by atoms with van der Waals surface area (Å²) in [5.41, 5.74) is 3.03. The number of likely N-dealkylation sites (N-methyl/N-ethyl adjacent to an activating group) is 1. The molecule has 3 heteroatoms. The maximum Gasteiger partial charge on any atom is 0.0682 e. The predicted molar refractivity (Wildman–Crippen MR) is 77.4 cm³/mol. The van der Waals surface area contributed by atoms with Crippen LogP contribution in [-0.4, -0.2) is 60.8 Å². The van der Waals surface area contributed by atoms with Crippen LogP contribution in [-0.2, 0) is 6.42 Å². The van der Waals surface area contributed by atoms with E-state index in [1.165, 1.54) is 17.5 Å². The summed E-state index contributed by atoms with van der Waals surface area (Å²) in [6, 6.07) is 9.28. The van der Waals surface area contributed by atoms with Gasteiger partial charge in [0.05, 0.1) is 6.10 Å². The standard InChI is InChI=1S/C16H24N2O/c1-17(2)10-14-8-15(19)11-18(14)9-13-7-12-5-3-4-6-16(12)13/h3-6,13-15,19H,7-11H2,1-2H3. The average Bonchev–Trinajstić information content (AvgIpc) is 2.65. The fraction of sp³-hybridized carbons (Fsp3) is 0.625. The Morgan fingerprint density at radius 1 is 1.32 bits per heavy atom. The van der Waals surface area contributed by atoms with E-state index >= 15 is 0 Å². The molecule has 1 aliphatic carbocycles. The molecule has 19 heavy (non-hydrogen) atoms. The van der Waals surface area contributed by atoms with E-state index in [4.69, 9.17) is 0 Å². The van der Waals surface area contributed by atoms with Crippen molar-refractivity contribution in [1.82, 2.24) is 9.80 Å². The molecule has 1 aromatic carbocycles. The summed E-state index contributed by atoms with van der Waals surface area (Å²) in [5.74, 6) is 0.672. The maximum absolute atomic E-state index is 9.92. The molecule has 1 N–H and O–H groups in total. The zero-order chi connectivity index (χ0) is 13.4. The molecule has 3 atom stereocenters. The summed E-state index contributed by atoms with van der Waals surface area (Å²) in [7, 11) is 4.23. The highest BCUT2D eigenvalue weighted by atomic mass is 16.3. The molecule has 0 amide bonds. The number of aliphatic hydroxyl groups is 1. The van der Waals surface area contributed by atoms with Crippen LogP contribution in [0.3, 0.4) is 0 Å². The second-order valence-electron chi connectivity index (χ2n) is 6.36. The van der Waals surface area contributed by atoms with Crippen LogP contribution in [0.5, 0.6) is 0 Å². The van der Waals surface area contributed by atoms with Gasteiger partial charge in [0.2, 0.25) is 0 Å². The minimum absolute atomic E-state index is 0.139. The predicted octanol–water partition coefficient (Wildman–Crippen LogP) is 1.32. The Hall–Kier alpha value is -0.900. The van der Waals surface area contributed by atoms with Gasteiger partial charge in [-0.05, 0) is 38.1 Å². The van der Waals surface area contributed by atoms with E-state index in [2.05, 4.69) is 48.2 Å². The minimum Gasteiger partial charge on any atom is -0.392 e. The lowest BCUT2D eigenvalue weighted by Gasteiger charge is -2.36. The van der Waals surface area contributed by atoms with E-state index in [-0.39, 0.29) is 6.10 Å². The summed E-state index contributed by atoms with van der Waals surface area (Å²) in [5, 5.41) is 9.92. The molecule has 1 heterocycles. The lowest BCUT2D eigenvalue weighted by Crippen LogP contribution is -2.41. The van der Waals surface area contributed by atoms with E-state index in [0.717, 1.165) is 26.1 Å². The van der Waals surface area contributed by atoms with Gasteiger partial charge in [-0.3, -0.25) is 4.90 Å². The van der Waals surface area contributed by atoms with Crippen molar-refractivity contribution < 1.29 is 5.11 Å². The molecule has 0 spiro atoms. The van der Waals surface area contributed by atoms with Crippen LogP contribution in [0.2, 0.25) is 0 Å². The van der Waals surface area contributed by atoms with Crippen molar-refractivity contribution in [2.75, 3.05) is 33.7 Å². The maximum atomic E-state index is 9.92. The molecule has 0 saturated carbocycles. The number of hydrogen-bond acceptors (Lipinski definition) is 3. The topological polar surface area (TPSA) is 26.7 Å². The van der Waals surface area contributed by atoms with Gasteiger partial charge in [-0.2, -0.15) is 0 Å². The summed E-state index contributed by atoms with van der Waals surface area (Å²) >= 11 is 0. The van der Waals surface area contributed by atoms with Crippen molar-refractivity contribution in [3.63, 3.8) is 0 Å². The van der Waals surface area contributed by atoms with Gasteiger partial charge in [0.15, 0.2) is 0 Å². The van der Waals surface area contributed by atoms with Crippen molar-refractivity contribution in [2.45, 2.75) is 30.9 Å². The normalized spacial score (nSPS) is 30.4.